The molecule has 0 spiro atoms. The Hall–Kier alpha value is -0.500. The molecule has 3 N–H and O–H groups in total. The van der Waals surface area contributed by atoms with Crippen LogP contribution >= 0.6 is 24.2 Å². The van der Waals surface area contributed by atoms with Gasteiger partial charge in [-0.15, -0.1) is 12.4 Å². The minimum atomic E-state index is -0.390. The lowest BCUT2D eigenvalue weighted by Crippen LogP contribution is -2.41. The van der Waals surface area contributed by atoms with E-state index < -0.39 is 0 Å². The van der Waals surface area contributed by atoms with E-state index in [9.17, 15) is 14.7 Å². The summed E-state index contributed by atoms with van der Waals surface area (Å²) in [6.45, 7) is 2.54. The monoisotopic (exact) mass is 295 g/mol. The van der Waals surface area contributed by atoms with Gasteiger partial charge in [0.2, 0.25) is 5.91 Å². The van der Waals surface area contributed by atoms with Crippen molar-refractivity contribution in [3.8, 4) is 0 Å². The molecule has 0 aromatic heterocycles. The van der Waals surface area contributed by atoms with Crippen LogP contribution in [-0.4, -0.2) is 65.7 Å². The minimum Gasteiger partial charge on any atom is -0.391 e. The fourth-order valence-electron chi connectivity index (χ4n) is 1.97. The Bertz CT molecular complexity index is 319. The first-order valence-electron chi connectivity index (χ1n) is 5.74. The molecule has 2 rings (SSSR count). The number of amides is 2. The Morgan fingerprint density at radius 2 is 2.33 bits per heavy atom. The molecule has 0 saturated carbocycles. The molecular weight excluding hydrogens is 278 g/mol. The predicted molar refractivity (Wildman–Crippen MR) is 72.1 cm³/mol. The second-order valence-corrected chi connectivity index (χ2v) is 5.37. The highest BCUT2D eigenvalue weighted by Crippen LogP contribution is 2.16. The molecule has 0 aliphatic carbocycles. The van der Waals surface area contributed by atoms with E-state index in [0.717, 1.165) is 12.3 Å². The Labute approximate surface area is 116 Å². The van der Waals surface area contributed by atoms with Crippen LogP contribution in [-0.2, 0) is 4.79 Å². The van der Waals surface area contributed by atoms with E-state index in [1.807, 2.05) is 0 Å². The van der Waals surface area contributed by atoms with Crippen LogP contribution in [0.25, 0.3) is 0 Å². The number of aliphatic hydroxyl groups is 1. The van der Waals surface area contributed by atoms with E-state index >= 15 is 0 Å². The summed E-state index contributed by atoms with van der Waals surface area (Å²) in [5.74, 6) is 0.680. The number of carbonyl (C=O) groups excluding carboxylic acids is 2. The number of nitrogens with zero attached hydrogens (tertiary/aromatic N) is 1. The van der Waals surface area contributed by atoms with Crippen LogP contribution in [0.15, 0.2) is 0 Å². The molecule has 18 heavy (non-hydrogen) atoms. The summed E-state index contributed by atoms with van der Waals surface area (Å²) < 4.78 is 0. The first-order chi connectivity index (χ1) is 8.16. The van der Waals surface area contributed by atoms with E-state index in [0.29, 0.717) is 19.6 Å². The molecule has 0 bridgehead atoms. The maximum Gasteiger partial charge on any atom is 0.282 e. The van der Waals surface area contributed by atoms with Crippen LogP contribution in [0.1, 0.15) is 0 Å². The zero-order valence-electron chi connectivity index (χ0n) is 9.92. The van der Waals surface area contributed by atoms with E-state index in [4.69, 9.17) is 0 Å². The highest BCUT2D eigenvalue weighted by molar-refractivity contribution is 8.13. The van der Waals surface area contributed by atoms with Crippen LogP contribution in [0.2, 0.25) is 0 Å². The van der Waals surface area contributed by atoms with E-state index in [2.05, 4.69) is 10.6 Å². The summed E-state index contributed by atoms with van der Waals surface area (Å²) in [7, 11) is 0. The SMILES string of the molecule is Cl.O=C(CN1CCSC1=O)NCC1CNCC1O. The molecule has 0 aromatic carbocycles. The second kappa shape index (κ2) is 7.18. The van der Waals surface area contributed by atoms with Crippen molar-refractivity contribution in [2.45, 2.75) is 6.10 Å². The van der Waals surface area contributed by atoms with Gasteiger partial charge < -0.3 is 20.6 Å². The molecule has 104 valence electrons. The molecular formula is C10H18ClN3O3S. The smallest absolute Gasteiger partial charge is 0.282 e. The molecule has 2 fully saturated rings. The van der Waals surface area contributed by atoms with E-state index in [1.165, 1.54) is 11.8 Å². The third kappa shape index (κ3) is 4.01. The zero-order valence-corrected chi connectivity index (χ0v) is 11.6. The lowest BCUT2D eigenvalue weighted by Gasteiger charge is -2.17. The highest BCUT2D eigenvalue weighted by atomic mass is 35.5. The van der Waals surface area contributed by atoms with Crippen LogP contribution in [0.5, 0.6) is 0 Å². The van der Waals surface area contributed by atoms with Crippen LogP contribution < -0.4 is 10.6 Å². The Balaban J connectivity index is 0.00000162. The molecule has 2 amide bonds. The second-order valence-electron chi connectivity index (χ2n) is 4.33. The summed E-state index contributed by atoms with van der Waals surface area (Å²) in [5, 5.41) is 15.3. The normalized spacial score (nSPS) is 27.2. The average Bonchev–Trinajstić information content (AvgIpc) is 2.86. The van der Waals surface area contributed by atoms with Crippen molar-refractivity contribution in [1.29, 1.82) is 0 Å². The third-order valence-corrected chi connectivity index (χ3v) is 3.94. The van der Waals surface area contributed by atoms with Gasteiger partial charge in [0.1, 0.15) is 6.54 Å². The van der Waals surface area contributed by atoms with Crippen molar-refractivity contribution in [3.63, 3.8) is 0 Å². The fraction of sp³-hybridized carbons (Fsp3) is 0.800. The number of hydrogen-bond acceptors (Lipinski definition) is 5. The van der Waals surface area contributed by atoms with Gasteiger partial charge in [0, 0.05) is 37.8 Å². The maximum atomic E-state index is 11.6. The number of rotatable bonds is 4. The van der Waals surface area contributed by atoms with Crippen molar-refractivity contribution in [3.05, 3.63) is 0 Å². The van der Waals surface area contributed by atoms with Crippen LogP contribution in [0.3, 0.4) is 0 Å². The number of hydrogen-bond donors (Lipinski definition) is 3. The van der Waals surface area contributed by atoms with Gasteiger partial charge in [-0.05, 0) is 0 Å². The Morgan fingerprint density at radius 3 is 2.89 bits per heavy atom. The van der Waals surface area contributed by atoms with Gasteiger partial charge in [0.05, 0.1) is 6.10 Å². The average molecular weight is 296 g/mol. The molecule has 2 aliphatic rings. The summed E-state index contributed by atoms with van der Waals surface area (Å²) in [5.41, 5.74) is 0. The number of β-amino-alcohol motifs (C(OH)–C–C–N with tert-alkyl or cyclic N) is 1. The van der Waals surface area contributed by atoms with Crippen molar-refractivity contribution in [2.75, 3.05) is 38.5 Å². The van der Waals surface area contributed by atoms with Gasteiger partial charge in [-0.1, -0.05) is 11.8 Å². The molecule has 6 nitrogen and oxygen atoms in total. The van der Waals surface area contributed by atoms with Crippen molar-refractivity contribution < 1.29 is 14.7 Å². The Kier molecular flexibility index (Phi) is 6.20. The van der Waals surface area contributed by atoms with Gasteiger partial charge in [0.25, 0.3) is 5.24 Å². The minimum absolute atomic E-state index is 0. The number of carbonyl (C=O) groups is 2. The largest absolute Gasteiger partial charge is 0.391 e. The molecule has 2 atom stereocenters. The molecule has 2 unspecified atom stereocenters. The van der Waals surface area contributed by atoms with Crippen molar-refractivity contribution >= 4 is 35.3 Å². The van der Waals surface area contributed by atoms with Crippen LogP contribution in [0.4, 0.5) is 4.79 Å². The van der Waals surface area contributed by atoms with Crippen molar-refractivity contribution in [1.82, 2.24) is 15.5 Å². The van der Waals surface area contributed by atoms with Crippen LogP contribution in [0, 0.1) is 5.92 Å². The van der Waals surface area contributed by atoms with Crippen molar-refractivity contribution in [2.24, 2.45) is 5.92 Å². The number of halogens is 1. The number of aliphatic hydroxyl groups excluding tert-OH is 1. The topological polar surface area (TPSA) is 81.7 Å². The molecule has 2 heterocycles. The molecule has 8 heteroatoms. The number of nitrogens with one attached hydrogen (secondary N) is 2. The molecule has 0 radical (unpaired) electrons. The third-order valence-electron chi connectivity index (χ3n) is 3.04. The lowest BCUT2D eigenvalue weighted by molar-refractivity contribution is -0.121. The molecule has 2 aliphatic heterocycles. The van der Waals surface area contributed by atoms with E-state index in [-0.39, 0.29) is 42.1 Å². The summed E-state index contributed by atoms with van der Waals surface area (Å²) in [6.07, 6.45) is -0.390. The van der Waals surface area contributed by atoms with Gasteiger partial charge in [0.15, 0.2) is 0 Å². The summed E-state index contributed by atoms with van der Waals surface area (Å²) in [4.78, 5) is 24.4. The fourth-order valence-corrected chi connectivity index (χ4v) is 2.80. The lowest BCUT2D eigenvalue weighted by atomic mass is 10.1. The highest BCUT2D eigenvalue weighted by Gasteiger charge is 2.26. The number of thioether (sulfide) groups is 1. The van der Waals surface area contributed by atoms with Gasteiger partial charge in [-0.25, -0.2) is 0 Å². The standard InChI is InChI=1S/C10H17N3O3S.ClH/c14-8-5-11-3-7(8)4-12-9(15)6-13-1-2-17-10(13)16;/h7-8,11,14H,1-6H2,(H,12,15);1H. The quantitative estimate of drug-likeness (QED) is 0.637. The first-order valence-corrected chi connectivity index (χ1v) is 6.72. The summed E-state index contributed by atoms with van der Waals surface area (Å²) >= 11 is 1.25. The van der Waals surface area contributed by atoms with Gasteiger partial charge in [-0.3, -0.25) is 9.59 Å². The van der Waals surface area contributed by atoms with Gasteiger partial charge >= 0.3 is 0 Å². The Morgan fingerprint density at radius 1 is 1.56 bits per heavy atom. The molecule has 2 saturated heterocycles. The zero-order chi connectivity index (χ0) is 12.3. The van der Waals surface area contributed by atoms with E-state index in [1.54, 1.807) is 4.90 Å². The maximum absolute atomic E-state index is 11.6. The molecule has 0 aromatic rings. The first kappa shape index (κ1) is 15.6. The summed E-state index contributed by atoms with van der Waals surface area (Å²) in [6, 6.07) is 0. The van der Waals surface area contributed by atoms with Gasteiger partial charge in [-0.2, -0.15) is 0 Å². The predicted octanol–water partition coefficient (Wildman–Crippen LogP) is -0.726.